The molecule has 1 aliphatic rings. The summed E-state index contributed by atoms with van der Waals surface area (Å²) in [6, 6.07) is 14.8. The van der Waals surface area contributed by atoms with E-state index in [1.165, 1.54) is 6.92 Å². The number of ketones is 1. The highest BCUT2D eigenvalue weighted by Crippen LogP contribution is 2.40. The number of benzene rings is 2. The Balaban J connectivity index is 1.38. The minimum atomic E-state index is -0.511. The molecule has 0 spiro atoms. The summed E-state index contributed by atoms with van der Waals surface area (Å²) in [4.78, 5) is 29.0. The highest BCUT2D eigenvalue weighted by Gasteiger charge is 2.30. The van der Waals surface area contributed by atoms with Gasteiger partial charge in [-0.2, -0.15) is 0 Å². The summed E-state index contributed by atoms with van der Waals surface area (Å²) in [5, 5.41) is 2.97. The zero-order chi connectivity index (χ0) is 23.4. The van der Waals surface area contributed by atoms with Crippen LogP contribution in [-0.2, 0) is 4.79 Å². The zero-order valence-electron chi connectivity index (χ0n) is 19.4. The van der Waals surface area contributed by atoms with Crippen molar-refractivity contribution in [3.05, 3.63) is 66.2 Å². The van der Waals surface area contributed by atoms with Crippen molar-refractivity contribution in [2.45, 2.75) is 64.3 Å². The number of amides is 1. The van der Waals surface area contributed by atoms with Crippen molar-refractivity contribution < 1.29 is 18.7 Å². The van der Waals surface area contributed by atoms with Crippen LogP contribution >= 0.6 is 0 Å². The fourth-order valence-electron chi connectivity index (χ4n) is 3.98. The Morgan fingerprint density at radius 3 is 2.18 bits per heavy atom. The van der Waals surface area contributed by atoms with Gasteiger partial charge < -0.3 is 14.5 Å². The second-order valence-electron chi connectivity index (χ2n) is 8.76. The van der Waals surface area contributed by atoms with Gasteiger partial charge >= 0.3 is 0 Å². The third-order valence-electron chi connectivity index (χ3n) is 6.30. The maximum atomic E-state index is 12.8. The van der Waals surface area contributed by atoms with Crippen molar-refractivity contribution in [1.82, 2.24) is 10.3 Å². The molecular weight excluding hydrogens is 416 g/mol. The first kappa shape index (κ1) is 22.8. The molecule has 1 N–H and O–H groups in total. The quantitative estimate of drug-likeness (QED) is 0.371. The zero-order valence-corrected chi connectivity index (χ0v) is 19.4. The van der Waals surface area contributed by atoms with Gasteiger partial charge in [0.05, 0.1) is 0 Å². The van der Waals surface area contributed by atoms with E-state index in [4.69, 9.17) is 9.15 Å². The molecule has 6 heteroatoms. The predicted octanol–water partition coefficient (Wildman–Crippen LogP) is 6.28. The number of hydrogen-bond donors (Lipinski definition) is 1. The van der Waals surface area contributed by atoms with Crippen LogP contribution in [0.2, 0.25) is 0 Å². The van der Waals surface area contributed by atoms with Crippen LogP contribution in [0.5, 0.6) is 11.5 Å². The first-order valence-electron chi connectivity index (χ1n) is 11.6. The maximum Gasteiger partial charge on any atom is 0.217 e. The van der Waals surface area contributed by atoms with Crippen molar-refractivity contribution in [3.63, 3.8) is 0 Å². The van der Waals surface area contributed by atoms with Crippen molar-refractivity contribution in [1.29, 1.82) is 0 Å². The molecule has 3 aromatic rings. The molecular formula is C27H30N2O4. The number of carbonyl (C=O) groups is 2. The third-order valence-corrected chi connectivity index (χ3v) is 6.30. The SMILES string of the molecule is CCC(CC)(CC(=O)c1ccc(Oc2ccc(-c3coc(C4CC4)n3)cc2)cc1)NC(C)=O. The first-order valence-corrected chi connectivity index (χ1v) is 11.6. The standard InChI is InChI=1S/C27H30N2O4/c1-4-27(5-2,29-18(3)30)16-25(31)20-10-14-23(15-11-20)33-22-12-8-19(9-13-22)24-17-32-26(28-24)21-6-7-21/h8-15,17,21H,4-7,16H2,1-3H3,(H,29,30). The van der Waals surface area contributed by atoms with Crippen LogP contribution in [0.3, 0.4) is 0 Å². The lowest BCUT2D eigenvalue weighted by atomic mass is 9.85. The average Bonchev–Trinajstić information content (AvgIpc) is 3.56. The molecule has 2 aromatic carbocycles. The number of aromatic nitrogens is 1. The lowest BCUT2D eigenvalue weighted by Gasteiger charge is -2.32. The summed E-state index contributed by atoms with van der Waals surface area (Å²) in [6.45, 7) is 5.47. The lowest BCUT2D eigenvalue weighted by molar-refractivity contribution is -0.120. The topological polar surface area (TPSA) is 81.4 Å². The molecule has 0 atom stereocenters. The number of carbonyl (C=O) groups excluding carboxylic acids is 2. The molecule has 6 nitrogen and oxygen atoms in total. The number of oxazole rings is 1. The minimum Gasteiger partial charge on any atom is -0.457 e. The van der Waals surface area contributed by atoms with Crippen LogP contribution in [0, 0.1) is 0 Å². The van der Waals surface area contributed by atoms with Crippen LogP contribution in [0.25, 0.3) is 11.3 Å². The summed E-state index contributed by atoms with van der Waals surface area (Å²) in [5.41, 5.74) is 1.91. The van der Waals surface area contributed by atoms with Gasteiger partial charge in [-0.25, -0.2) is 4.98 Å². The van der Waals surface area contributed by atoms with Gasteiger partial charge in [-0.15, -0.1) is 0 Å². The third kappa shape index (κ3) is 5.51. The number of nitrogens with zero attached hydrogens (tertiary/aromatic N) is 1. The van der Waals surface area contributed by atoms with E-state index in [1.807, 2.05) is 38.1 Å². The Kier molecular flexibility index (Phi) is 6.63. The van der Waals surface area contributed by atoms with Crippen LogP contribution in [0.1, 0.15) is 75.0 Å². The molecule has 1 aromatic heterocycles. The predicted molar refractivity (Wildman–Crippen MR) is 127 cm³/mol. The molecule has 0 unspecified atom stereocenters. The summed E-state index contributed by atoms with van der Waals surface area (Å²) in [5.74, 6) is 2.55. The maximum absolute atomic E-state index is 12.8. The van der Waals surface area contributed by atoms with Crippen molar-refractivity contribution in [3.8, 4) is 22.8 Å². The molecule has 0 bridgehead atoms. The fourth-order valence-corrected chi connectivity index (χ4v) is 3.98. The molecule has 172 valence electrons. The van der Waals surface area contributed by atoms with Gasteiger partial charge in [-0.3, -0.25) is 9.59 Å². The van der Waals surface area contributed by atoms with Gasteiger partial charge in [0.1, 0.15) is 23.5 Å². The van der Waals surface area contributed by atoms with E-state index < -0.39 is 5.54 Å². The van der Waals surface area contributed by atoms with E-state index in [0.29, 0.717) is 35.8 Å². The van der Waals surface area contributed by atoms with Gasteiger partial charge in [0, 0.05) is 35.9 Å². The van der Waals surface area contributed by atoms with Gasteiger partial charge in [0.2, 0.25) is 5.91 Å². The Labute approximate surface area is 194 Å². The van der Waals surface area contributed by atoms with E-state index in [9.17, 15) is 9.59 Å². The molecule has 0 aliphatic heterocycles. The second kappa shape index (κ2) is 9.61. The van der Waals surface area contributed by atoms with Crippen LogP contribution in [0.15, 0.2) is 59.2 Å². The monoisotopic (exact) mass is 446 g/mol. The Bertz CT molecular complexity index is 1110. The van der Waals surface area contributed by atoms with Gasteiger partial charge in [-0.05, 0) is 74.2 Å². The molecule has 1 amide bonds. The minimum absolute atomic E-state index is 0.00142. The molecule has 0 radical (unpaired) electrons. The summed E-state index contributed by atoms with van der Waals surface area (Å²) in [7, 11) is 0. The normalized spacial score (nSPS) is 13.5. The van der Waals surface area contributed by atoms with Crippen LogP contribution in [0.4, 0.5) is 0 Å². The van der Waals surface area contributed by atoms with Crippen molar-refractivity contribution in [2.24, 2.45) is 0 Å². The van der Waals surface area contributed by atoms with Crippen LogP contribution in [-0.4, -0.2) is 22.2 Å². The second-order valence-corrected chi connectivity index (χ2v) is 8.76. The Morgan fingerprint density at radius 2 is 1.64 bits per heavy atom. The molecule has 1 heterocycles. The van der Waals surface area contributed by atoms with Crippen molar-refractivity contribution in [2.75, 3.05) is 0 Å². The van der Waals surface area contributed by atoms with Gasteiger partial charge in [0.25, 0.3) is 0 Å². The van der Waals surface area contributed by atoms with E-state index in [1.54, 1.807) is 30.5 Å². The molecule has 1 fully saturated rings. The molecule has 0 saturated heterocycles. The average molecular weight is 447 g/mol. The fraction of sp³-hybridized carbons (Fsp3) is 0.370. The molecule has 33 heavy (non-hydrogen) atoms. The number of Topliss-reactive ketones (excluding diaryl/α,β-unsaturated/α-hetero) is 1. The van der Waals surface area contributed by atoms with E-state index >= 15 is 0 Å². The number of hydrogen-bond acceptors (Lipinski definition) is 5. The largest absolute Gasteiger partial charge is 0.457 e. The Morgan fingerprint density at radius 1 is 1.03 bits per heavy atom. The summed E-state index contributed by atoms with van der Waals surface area (Å²) in [6.07, 6.45) is 5.68. The number of ether oxygens (including phenoxy) is 1. The lowest BCUT2D eigenvalue weighted by Crippen LogP contribution is -2.48. The number of nitrogens with one attached hydrogen (secondary N) is 1. The summed E-state index contributed by atoms with van der Waals surface area (Å²) < 4.78 is 11.5. The summed E-state index contributed by atoms with van der Waals surface area (Å²) >= 11 is 0. The molecule has 1 aliphatic carbocycles. The number of rotatable bonds is 10. The Hall–Kier alpha value is -3.41. The highest BCUT2D eigenvalue weighted by molar-refractivity contribution is 5.97. The molecule has 4 rings (SSSR count). The first-order chi connectivity index (χ1) is 15.9. The van der Waals surface area contributed by atoms with Gasteiger partial charge in [-0.1, -0.05) is 13.8 Å². The van der Waals surface area contributed by atoms with Gasteiger partial charge in [0.15, 0.2) is 11.7 Å². The van der Waals surface area contributed by atoms with Crippen molar-refractivity contribution >= 4 is 11.7 Å². The van der Waals surface area contributed by atoms with Crippen LogP contribution < -0.4 is 10.1 Å². The van der Waals surface area contributed by atoms with E-state index in [0.717, 1.165) is 30.0 Å². The smallest absolute Gasteiger partial charge is 0.217 e. The van der Waals surface area contributed by atoms with E-state index in [2.05, 4.69) is 10.3 Å². The highest BCUT2D eigenvalue weighted by atomic mass is 16.5. The molecule has 1 saturated carbocycles. The van der Waals surface area contributed by atoms with E-state index in [-0.39, 0.29) is 18.1 Å².